The van der Waals surface area contributed by atoms with E-state index in [0.717, 1.165) is 16.8 Å². The first-order chi connectivity index (χ1) is 10.2. The zero-order chi connectivity index (χ0) is 14.8. The van der Waals surface area contributed by atoms with Crippen LogP contribution >= 0.6 is 0 Å². The summed E-state index contributed by atoms with van der Waals surface area (Å²) in [6, 6.07) is 14.7. The molecule has 0 N–H and O–H groups in total. The number of benzene rings is 2. The number of fused-ring (bicyclic) bond motifs is 1. The fourth-order valence-corrected chi connectivity index (χ4v) is 2.43. The summed E-state index contributed by atoms with van der Waals surface area (Å²) in [5.41, 5.74) is 2.11. The molecule has 0 radical (unpaired) electrons. The molecule has 1 heterocycles. The summed E-state index contributed by atoms with van der Waals surface area (Å²) < 4.78 is 7.14. The minimum absolute atomic E-state index is 0.140. The summed E-state index contributed by atoms with van der Waals surface area (Å²) in [5, 5.41) is 11.7. The highest BCUT2D eigenvalue weighted by molar-refractivity contribution is 5.89. The molecule has 0 fully saturated rings. The number of methoxy groups -OCH3 is 1. The number of ether oxygens (including phenoxy) is 1. The van der Waals surface area contributed by atoms with E-state index in [-0.39, 0.29) is 10.6 Å². The van der Waals surface area contributed by atoms with E-state index in [9.17, 15) is 10.1 Å². The first-order valence-corrected chi connectivity index (χ1v) is 6.54. The van der Waals surface area contributed by atoms with Crippen LogP contribution in [0.1, 0.15) is 5.56 Å². The van der Waals surface area contributed by atoms with E-state index >= 15 is 0 Å². The first kappa shape index (κ1) is 13.2. The maximum absolute atomic E-state index is 11.0. The van der Waals surface area contributed by atoms with E-state index < -0.39 is 0 Å². The Morgan fingerprint density at radius 1 is 1.14 bits per heavy atom. The molecule has 0 amide bonds. The first-order valence-electron chi connectivity index (χ1n) is 6.54. The lowest BCUT2D eigenvalue weighted by molar-refractivity contribution is -0.383. The van der Waals surface area contributed by atoms with Crippen molar-refractivity contribution in [1.82, 2.24) is 4.57 Å². The SMILES string of the molecule is COc1ccc(Cn2ccc3c([N+](=O)[O-])cccc32)cc1. The van der Waals surface area contributed by atoms with Gasteiger partial charge in [-0.2, -0.15) is 0 Å². The molecule has 0 atom stereocenters. The lowest BCUT2D eigenvalue weighted by atomic mass is 10.2. The lowest BCUT2D eigenvalue weighted by Crippen LogP contribution is -1.98. The van der Waals surface area contributed by atoms with Gasteiger partial charge >= 0.3 is 0 Å². The predicted molar refractivity (Wildman–Crippen MR) is 80.7 cm³/mol. The fraction of sp³-hybridized carbons (Fsp3) is 0.125. The molecule has 0 bridgehead atoms. The highest BCUT2D eigenvalue weighted by Gasteiger charge is 2.13. The Kier molecular flexibility index (Phi) is 3.31. The Labute approximate surface area is 121 Å². The van der Waals surface area contributed by atoms with Crippen LogP contribution in [0, 0.1) is 10.1 Å². The highest BCUT2D eigenvalue weighted by atomic mass is 16.6. The van der Waals surface area contributed by atoms with Crippen LogP contribution in [0.4, 0.5) is 5.69 Å². The van der Waals surface area contributed by atoms with Crippen LogP contribution in [-0.2, 0) is 6.54 Å². The van der Waals surface area contributed by atoms with Crippen molar-refractivity contribution < 1.29 is 9.66 Å². The zero-order valence-corrected chi connectivity index (χ0v) is 11.5. The van der Waals surface area contributed by atoms with Gasteiger partial charge in [-0.3, -0.25) is 10.1 Å². The molecule has 3 rings (SSSR count). The monoisotopic (exact) mass is 282 g/mol. The summed E-state index contributed by atoms with van der Waals surface area (Å²) >= 11 is 0. The Morgan fingerprint density at radius 2 is 1.90 bits per heavy atom. The van der Waals surface area contributed by atoms with Crippen molar-refractivity contribution in [3.8, 4) is 5.75 Å². The molecule has 5 heteroatoms. The van der Waals surface area contributed by atoms with Crippen molar-refractivity contribution in [2.75, 3.05) is 7.11 Å². The maximum atomic E-state index is 11.0. The maximum Gasteiger partial charge on any atom is 0.278 e. The molecule has 0 unspecified atom stereocenters. The van der Waals surface area contributed by atoms with E-state index in [1.165, 1.54) is 6.07 Å². The van der Waals surface area contributed by atoms with Gasteiger partial charge in [0.2, 0.25) is 0 Å². The third-order valence-corrected chi connectivity index (χ3v) is 3.50. The van der Waals surface area contributed by atoms with Crippen LogP contribution in [0.25, 0.3) is 10.9 Å². The lowest BCUT2D eigenvalue weighted by Gasteiger charge is -2.07. The quantitative estimate of drug-likeness (QED) is 0.542. The van der Waals surface area contributed by atoms with Crippen LogP contribution in [-0.4, -0.2) is 16.6 Å². The molecule has 1 aromatic heterocycles. The molecular weight excluding hydrogens is 268 g/mol. The molecule has 5 nitrogen and oxygen atoms in total. The van der Waals surface area contributed by atoms with Gasteiger partial charge in [0.05, 0.1) is 22.9 Å². The van der Waals surface area contributed by atoms with Crippen molar-refractivity contribution in [1.29, 1.82) is 0 Å². The third-order valence-electron chi connectivity index (χ3n) is 3.50. The summed E-state index contributed by atoms with van der Waals surface area (Å²) in [6.07, 6.45) is 1.88. The van der Waals surface area contributed by atoms with Gasteiger partial charge in [-0.15, -0.1) is 0 Å². The number of aromatic nitrogens is 1. The van der Waals surface area contributed by atoms with Crippen LogP contribution < -0.4 is 4.74 Å². The molecule has 0 aliphatic rings. The molecule has 21 heavy (non-hydrogen) atoms. The Hall–Kier alpha value is -2.82. The van der Waals surface area contributed by atoms with E-state index in [0.29, 0.717) is 11.9 Å². The smallest absolute Gasteiger partial charge is 0.278 e. The summed E-state index contributed by atoms with van der Waals surface area (Å²) in [4.78, 5) is 10.7. The van der Waals surface area contributed by atoms with Gasteiger partial charge in [0.25, 0.3) is 5.69 Å². The molecule has 0 spiro atoms. The third kappa shape index (κ3) is 2.45. The van der Waals surface area contributed by atoms with Crippen LogP contribution in [0.3, 0.4) is 0 Å². The molecule has 0 saturated carbocycles. The summed E-state index contributed by atoms with van der Waals surface area (Å²) in [5.74, 6) is 0.812. The summed E-state index contributed by atoms with van der Waals surface area (Å²) in [6.45, 7) is 0.661. The van der Waals surface area contributed by atoms with E-state index in [1.54, 1.807) is 19.2 Å². The van der Waals surface area contributed by atoms with Gasteiger partial charge < -0.3 is 9.30 Å². The standard InChI is InChI=1S/C16H14N2O3/c1-21-13-7-5-12(6-8-13)11-17-10-9-14-15(17)3-2-4-16(14)18(19)20/h2-10H,11H2,1H3. The zero-order valence-electron chi connectivity index (χ0n) is 11.5. The second-order valence-corrected chi connectivity index (χ2v) is 4.76. The van der Waals surface area contributed by atoms with Crippen molar-refractivity contribution in [2.45, 2.75) is 6.54 Å². The van der Waals surface area contributed by atoms with Gasteiger partial charge in [0.15, 0.2) is 0 Å². The largest absolute Gasteiger partial charge is 0.497 e. The summed E-state index contributed by atoms with van der Waals surface area (Å²) in [7, 11) is 1.63. The number of hydrogen-bond donors (Lipinski definition) is 0. The molecular formula is C16H14N2O3. The molecule has 0 aliphatic heterocycles. The fourth-order valence-electron chi connectivity index (χ4n) is 2.43. The molecule has 3 aromatic rings. The second kappa shape index (κ2) is 5.28. The van der Waals surface area contributed by atoms with E-state index in [1.807, 2.05) is 41.1 Å². The van der Waals surface area contributed by atoms with E-state index in [2.05, 4.69) is 0 Å². The van der Waals surface area contributed by atoms with Crippen LogP contribution in [0.5, 0.6) is 5.75 Å². The topological polar surface area (TPSA) is 57.3 Å². The average Bonchev–Trinajstić information content (AvgIpc) is 2.91. The molecule has 106 valence electrons. The number of nitro groups is 1. The Morgan fingerprint density at radius 3 is 2.57 bits per heavy atom. The van der Waals surface area contributed by atoms with Gasteiger partial charge in [-0.1, -0.05) is 18.2 Å². The Bertz CT molecular complexity index is 791. The second-order valence-electron chi connectivity index (χ2n) is 4.76. The number of nitro benzene ring substituents is 1. The average molecular weight is 282 g/mol. The van der Waals surface area contributed by atoms with Crippen molar-refractivity contribution in [2.24, 2.45) is 0 Å². The highest BCUT2D eigenvalue weighted by Crippen LogP contribution is 2.26. The van der Waals surface area contributed by atoms with Crippen molar-refractivity contribution in [3.63, 3.8) is 0 Å². The minimum Gasteiger partial charge on any atom is -0.497 e. The van der Waals surface area contributed by atoms with Crippen molar-refractivity contribution >= 4 is 16.6 Å². The van der Waals surface area contributed by atoms with Gasteiger partial charge in [0.1, 0.15) is 5.75 Å². The Balaban J connectivity index is 1.97. The van der Waals surface area contributed by atoms with Crippen LogP contribution in [0.2, 0.25) is 0 Å². The minimum atomic E-state index is -0.347. The van der Waals surface area contributed by atoms with Crippen molar-refractivity contribution in [3.05, 3.63) is 70.4 Å². The van der Waals surface area contributed by atoms with Crippen LogP contribution in [0.15, 0.2) is 54.7 Å². The normalized spacial score (nSPS) is 10.7. The number of non-ortho nitro benzene ring substituents is 1. The molecule has 0 aliphatic carbocycles. The van der Waals surface area contributed by atoms with E-state index in [4.69, 9.17) is 4.74 Å². The predicted octanol–water partition coefficient (Wildman–Crippen LogP) is 3.61. The van der Waals surface area contributed by atoms with Gasteiger partial charge in [-0.25, -0.2) is 0 Å². The number of nitrogens with zero attached hydrogens (tertiary/aromatic N) is 2. The van der Waals surface area contributed by atoms with Gasteiger partial charge in [0, 0.05) is 18.8 Å². The molecule has 2 aromatic carbocycles. The number of hydrogen-bond acceptors (Lipinski definition) is 3. The molecule has 0 saturated heterocycles. The van der Waals surface area contributed by atoms with Gasteiger partial charge in [-0.05, 0) is 29.8 Å². The number of rotatable bonds is 4.